The summed E-state index contributed by atoms with van der Waals surface area (Å²) in [6, 6.07) is 12.1. The quantitative estimate of drug-likeness (QED) is 0.643. The number of urea groups is 1. The van der Waals surface area contributed by atoms with E-state index < -0.39 is 5.91 Å². The number of rotatable bonds is 7. The summed E-state index contributed by atoms with van der Waals surface area (Å²) in [5.41, 5.74) is 2.02. The Balaban J connectivity index is 1.56. The standard InChI is InChI=1S/C22H24Cl2N4O3/c1-2-27(14-19(29)26-21-17(23)8-4-9-18(21)24)22(31)25-13-15-6-3-7-16(12-15)28-11-5-10-20(28)30/h3-4,6-9,12H,2,5,10-11,13-14H2,1H3,(H,25,31)(H,26,29). The molecule has 2 aromatic carbocycles. The fourth-order valence-electron chi connectivity index (χ4n) is 3.34. The second kappa shape index (κ2) is 10.5. The zero-order valence-electron chi connectivity index (χ0n) is 17.2. The van der Waals surface area contributed by atoms with E-state index in [1.54, 1.807) is 30.0 Å². The SMILES string of the molecule is CCN(CC(=O)Nc1c(Cl)cccc1Cl)C(=O)NCc1cccc(N2CCCC2=O)c1. The Bertz CT molecular complexity index is 963. The first-order valence-corrected chi connectivity index (χ1v) is 10.8. The van der Waals surface area contributed by atoms with Crippen molar-refractivity contribution in [1.82, 2.24) is 10.2 Å². The van der Waals surface area contributed by atoms with Crippen molar-refractivity contribution in [2.75, 3.05) is 29.9 Å². The van der Waals surface area contributed by atoms with Crippen molar-refractivity contribution in [2.24, 2.45) is 0 Å². The first kappa shape index (κ1) is 22.9. The molecule has 164 valence electrons. The van der Waals surface area contributed by atoms with Gasteiger partial charge in [0, 0.05) is 31.7 Å². The third-order valence-corrected chi connectivity index (χ3v) is 5.60. The summed E-state index contributed by atoms with van der Waals surface area (Å²) in [5, 5.41) is 6.12. The van der Waals surface area contributed by atoms with Crippen molar-refractivity contribution >= 4 is 52.4 Å². The summed E-state index contributed by atoms with van der Waals surface area (Å²) in [6.07, 6.45) is 1.42. The minimum absolute atomic E-state index is 0.114. The van der Waals surface area contributed by atoms with E-state index in [9.17, 15) is 14.4 Å². The van der Waals surface area contributed by atoms with Crippen molar-refractivity contribution in [1.29, 1.82) is 0 Å². The molecule has 0 atom stereocenters. The largest absolute Gasteiger partial charge is 0.334 e. The Labute approximate surface area is 191 Å². The maximum atomic E-state index is 12.6. The monoisotopic (exact) mass is 462 g/mol. The van der Waals surface area contributed by atoms with Gasteiger partial charge in [0.1, 0.15) is 6.54 Å². The van der Waals surface area contributed by atoms with Crippen LogP contribution in [-0.2, 0) is 16.1 Å². The van der Waals surface area contributed by atoms with Crippen molar-refractivity contribution < 1.29 is 14.4 Å². The fourth-order valence-corrected chi connectivity index (χ4v) is 3.83. The third kappa shape index (κ3) is 5.89. The van der Waals surface area contributed by atoms with Crippen LogP contribution in [0.1, 0.15) is 25.3 Å². The Morgan fingerprint density at radius 2 is 1.84 bits per heavy atom. The molecule has 1 heterocycles. The Hall–Kier alpha value is -2.77. The number of likely N-dealkylation sites (N-methyl/N-ethyl adjacent to an activating group) is 1. The first-order chi connectivity index (χ1) is 14.9. The number of nitrogens with zero attached hydrogens (tertiary/aromatic N) is 2. The lowest BCUT2D eigenvalue weighted by atomic mass is 10.2. The molecule has 0 aliphatic carbocycles. The molecule has 0 radical (unpaired) electrons. The molecule has 1 aliphatic rings. The van der Waals surface area contributed by atoms with Crippen molar-refractivity contribution in [3.63, 3.8) is 0 Å². The van der Waals surface area contributed by atoms with Gasteiger partial charge in [-0.15, -0.1) is 0 Å². The van der Waals surface area contributed by atoms with Crippen LogP contribution in [0.3, 0.4) is 0 Å². The van der Waals surface area contributed by atoms with E-state index in [4.69, 9.17) is 23.2 Å². The number of nitrogens with one attached hydrogen (secondary N) is 2. The van der Waals surface area contributed by atoms with Gasteiger partial charge in [0.2, 0.25) is 11.8 Å². The highest BCUT2D eigenvalue weighted by Crippen LogP contribution is 2.29. The molecule has 9 heteroatoms. The van der Waals surface area contributed by atoms with Crippen LogP contribution < -0.4 is 15.5 Å². The molecular weight excluding hydrogens is 439 g/mol. The summed E-state index contributed by atoms with van der Waals surface area (Å²) in [4.78, 5) is 40.1. The molecular formula is C22H24Cl2N4O3. The lowest BCUT2D eigenvalue weighted by Gasteiger charge is -2.22. The average molecular weight is 463 g/mol. The molecule has 1 fully saturated rings. The van der Waals surface area contributed by atoms with Crippen molar-refractivity contribution in [3.8, 4) is 0 Å². The van der Waals surface area contributed by atoms with Gasteiger partial charge >= 0.3 is 6.03 Å². The molecule has 0 bridgehead atoms. The van der Waals surface area contributed by atoms with Crippen LogP contribution in [0.5, 0.6) is 0 Å². The van der Waals surface area contributed by atoms with Gasteiger partial charge < -0.3 is 20.4 Å². The number of amides is 4. The number of carbonyl (C=O) groups is 3. The number of hydrogen-bond acceptors (Lipinski definition) is 3. The summed E-state index contributed by atoms with van der Waals surface area (Å²) >= 11 is 12.2. The van der Waals surface area contributed by atoms with E-state index >= 15 is 0 Å². The van der Waals surface area contributed by atoms with Gasteiger partial charge in [-0.05, 0) is 43.2 Å². The van der Waals surface area contributed by atoms with Crippen LogP contribution in [0.2, 0.25) is 10.0 Å². The highest BCUT2D eigenvalue weighted by atomic mass is 35.5. The highest BCUT2D eigenvalue weighted by Gasteiger charge is 2.22. The topological polar surface area (TPSA) is 81.8 Å². The van der Waals surface area contributed by atoms with Crippen LogP contribution in [0.25, 0.3) is 0 Å². The van der Waals surface area contributed by atoms with Crippen LogP contribution in [-0.4, -0.2) is 42.4 Å². The van der Waals surface area contributed by atoms with Gasteiger partial charge in [-0.1, -0.05) is 41.4 Å². The molecule has 0 unspecified atom stereocenters. The molecule has 31 heavy (non-hydrogen) atoms. The van der Waals surface area contributed by atoms with Gasteiger partial charge in [0.05, 0.1) is 15.7 Å². The third-order valence-electron chi connectivity index (χ3n) is 4.97. The van der Waals surface area contributed by atoms with Crippen LogP contribution in [0.4, 0.5) is 16.2 Å². The summed E-state index contributed by atoms with van der Waals surface area (Å²) in [5.74, 6) is -0.287. The molecule has 0 saturated carbocycles. The first-order valence-electron chi connectivity index (χ1n) is 10.0. The van der Waals surface area contributed by atoms with Gasteiger partial charge in [-0.2, -0.15) is 0 Å². The second-order valence-corrected chi connectivity index (χ2v) is 7.95. The van der Waals surface area contributed by atoms with Gasteiger partial charge in [0.25, 0.3) is 0 Å². The predicted molar refractivity (Wildman–Crippen MR) is 123 cm³/mol. The van der Waals surface area contributed by atoms with E-state index in [-0.39, 0.29) is 25.0 Å². The normalized spacial score (nSPS) is 13.3. The zero-order chi connectivity index (χ0) is 22.4. The fraction of sp³-hybridized carbons (Fsp3) is 0.318. The second-order valence-electron chi connectivity index (χ2n) is 7.14. The van der Waals surface area contributed by atoms with E-state index in [0.29, 0.717) is 35.2 Å². The molecule has 1 saturated heterocycles. The predicted octanol–water partition coefficient (Wildman–Crippen LogP) is 4.29. The minimum Gasteiger partial charge on any atom is -0.334 e. The number of hydrogen-bond donors (Lipinski definition) is 2. The maximum Gasteiger partial charge on any atom is 0.318 e. The van der Waals surface area contributed by atoms with E-state index in [2.05, 4.69) is 10.6 Å². The maximum absolute atomic E-state index is 12.6. The smallest absolute Gasteiger partial charge is 0.318 e. The summed E-state index contributed by atoms with van der Waals surface area (Å²) in [6.45, 7) is 2.98. The van der Waals surface area contributed by atoms with Crippen LogP contribution in [0.15, 0.2) is 42.5 Å². The molecule has 0 spiro atoms. The number of halogens is 2. The van der Waals surface area contributed by atoms with Gasteiger partial charge in [-0.3, -0.25) is 9.59 Å². The number of benzene rings is 2. The van der Waals surface area contributed by atoms with E-state index in [1.165, 1.54) is 4.90 Å². The molecule has 7 nitrogen and oxygen atoms in total. The van der Waals surface area contributed by atoms with Gasteiger partial charge in [0.15, 0.2) is 0 Å². The Kier molecular flexibility index (Phi) is 7.76. The molecule has 2 aromatic rings. The number of para-hydroxylation sites is 1. The van der Waals surface area contributed by atoms with E-state index in [1.807, 2.05) is 24.3 Å². The van der Waals surface area contributed by atoms with E-state index in [0.717, 1.165) is 17.7 Å². The van der Waals surface area contributed by atoms with Crippen LogP contribution >= 0.6 is 23.2 Å². The molecule has 3 rings (SSSR count). The summed E-state index contributed by atoms with van der Waals surface area (Å²) in [7, 11) is 0. The summed E-state index contributed by atoms with van der Waals surface area (Å²) < 4.78 is 0. The zero-order valence-corrected chi connectivity index (χ0v) is 18.7. The number of anilines is 2. The Morgan fingerprint density at radius 1 is 1.13 bits per heavy atom. The Morgan fingerprint density at radius 3 is 2.48 bits per heavy atom. The molecule has 1 aliphatic heterocycles. The van der Waals surface area contributed by atoms with Crippen LogP contribution in [0, 0.1) is 0 Å². The molecule has 4 amide bonds. The highest BCUT2D eigenvalue weighted by molar-refractivity contribution is 6.39. The lowest BCUT2D eigenvalue weighted by molar-refractivity contribution is -0.117. The van der Waals surface area contributed by atoms with Gasteiger partial charge in [-0.25, -0.2) is 4.79 Å². The molecule has 0 aromatic heterocycles. The minimum atomic E-state index is -0.401. The number of carbonyl (C=O) groups excluding carboxylic acids is 3. The average Bonchev–Trinajstić information content (AvgIpc) is 3.19. The van der Waals surface area contributed by atoms with Crippen molar-refractivity contribution in [2.45, 2.75) is 26.3 Å². The van der Waals surface area contributed by atoms with Crippen molar-refractivity contribution in [3.05, 3.63) is 58.1 Å². The lowest BCUT2D eigenvalue weighted by Crippen LogP contribution is -2.43. The molecule has 2 N–H and O–H groups in total.